The summed E-state index contributed by atoms with van der Waals surface area (Å²) in [5.74, 6) is 2.53. The lowest BCUT2D eigenvalue weighted by Crippen LogP contribution is -2.14. The molecule has 1 aliphatic carbocycles. The zero-order chi connectivity index (χ0) is 9.80. The molecule has 0 unspecified atom stereocenters. The Morgan fingerprint density at radius 2 is 2.14 bits per heavy atom. The van der Waals surface area contributed by atoms with Crippen molar-refractivity contribution < 1.29 is 9.52 Å². The second kappa shape index (κ2) is 4.62. The van der Waals surface area contributed by atoms with E-state index in [2.05, 4.69) is 5.32 Å². The Kier molecular flexibility index (Phi) is 3.22. The van der Waals surface area contributed by atoms with Gasteiger partial charge in [-0.05, 0) is 31.0 Å². The zero-order valence-electron chi connectivity index (χ0n) is 8.33. The molecule has 78 valence electrons. The summed E-state index contributed by atoms with van der Waals surface area (Å²) in [5, 5.41) is 12.1. The van der Waals surface area contributed by atoms with Gasteiger partial charge in [0.2, 0.25) is 0 Å². The smallest absolute Gasteiger partial charge is 0.129 e. The average molecular weight is 195 g/mol. The van der Waals surface area contributed by atoms with Crippen LogP contribution in [0.1, 0.15) is 30.8 Å². The molecule has 3 nitrogen and oxygen atoms in total. The first kappa shape index (κ1) is 9.74. The number of rotatable bonds is 6. The summed E-state index contributed by atoms with van der Waals surface area (Å²) in [5.41, 5.74) is 0. The molecule has 0 radical (unpaired) electrons. The fourth-order valence-electron chi connectivity index (χ4n) is 1.53. The van der Waals surface area contributed by atoms with Gasteiger partial charge in [0, 0.05) is 0 Å². The van der Waals surface area contributed by atoms with E-state index in [0.717, 1.165) is 24.8 Å². The van der Waals surface area contributed by atoms with Gasteiger partial charge in [-0.1, -0.05) is 12.8 Å². The van der Waals surface area contributed by atoms with Crippen LogP contribution in [-0.2, 0) is 13.2 Å². The van der Waals surface area contributed by atoms with E-state index >= 15 is 0 Å². The molecule has 1 aromatic rings. The number of nitrogens with one attached hydrogen (secondary N) is 1. The Bertz CT molecular complexity index is 279. The number of hydrogen-bond acceptors (Lipinski definition) is 3. The molecular weight excluding hydrogens is 178 g/mol. The highest BCUT2D eigenvalue weighted by Crippen LogP contribution is 2.31. The first-order valence-electron chi connectivity index (χ1n) is 5.27. The maximum Gasteiger partial charge on any atom is 0.129 e. The van der Waals surface area contributed by atoms with Gasteiger partial charge in [0.25, 0.3) is 0 Å². The monoisotopic (exact) mass is 195 g/mol. The molecule has 2 rings (SSSR count). The van der Waals surface area contributed by atoms with Crippen LogP contribution < -0.4 is 5.32 Å². The van der Waals surface area contributed by atoms with E-state index in [1.807, 2.05) is 12.1 Å². The van der Waals surface area contributed by atoms with Gasteiger partial charge in [-0.2, -0.15) is 0 Å². The molecule has 0 atom stereocenters. The molecule has 14 heavy (non-hydrogen) atoms. The third-order valence-electron chi connectivity index (χ3n) is 2.60. The van der Waals surface area contributed by atoms with Crippen LogP contribution >= 0.6 is 0 Å². The molecule has 0 spiro atoms. The molecule has 0 aromatic carbocycles. The predicted molar refractivity (Wildman–Crippen MR) is 53.7 cm³/mol. The topological polar surface area (TPSA) is 45.4 Å². The average Bonchev–Trinajstić information content (AvgIpc) is 2.91. The third-order valence-corrected chi connectivity index (χ3v) is 2.60. The largest absolute Gasteiger partial charge is 0.462 e. The summed E-state index contributed by atoms with van der Waals surface area (Å²) >= 11 is 0. The number of furan rings is 1. The quantitative estimate of drug-likeness (QED) is 0.678. The third kappa shape index (κ3) is 2.86. The van der Waals surface area contributed by atoms with Crippen LogP contribution in [0.15, 0.2) is 16.5 Å². The van der Waals surface area contributed by atoms with Crippen molar-refractivity contribution in [1.82, 2.24) is 5.32 Å². The Balaban J connectivity index is 1.63. The Hall–Kier alpha value is -0.800. The van der Waals surface area contributed by atoms with Crippen LogP contribution in [0.25, 0.3) is 0 Å². The van der Waals surface area contributed by atoms with E-state index in [0.29, 0.717) is 5.76 Å². The lowest BCUT2D eigenvalue weighted by molar-refractivity contribution is 0.242. The standard InChI is InChI=1S/C11H17NO2/c13-8-11-4-3-10(14-11)7-12-6-5-9-1-2-9/h3-4,9,12-13H,1-2,5-8H2. The molecule has 0 aliphatic heterocycles. The van der Waals surface area contributed by atoms with E-state index in [1.165, 1.54) is 19.3 Å². The highest BCUT2D eigenvalue weighted by atomic mass is 16.4. The van der Waals surface area contributed by atoms with Crippen molar-refractivity contribution in [1.29, 1.82) is 0 Å². The summed E-state index contributed by atoms with van der Waals surface area (Å²) in [6.07, 6.45) is 4.11. The van der Waals surface area contributed by atoms with Crippen LogP contribution in [0.4, 0.5) is 0 Å². The van der Waals surface area contributed by atoms with Crippen LogP contribution in [-0.4, -0.2) is 11.7 Å². The van der Waals surface area contributed by atoms with E-state index in [9.17, 15) is 0 Å². The predicted octanol–water partition coefficient (Wildman–Crippen LogP) is 1.66. The maximum absolute atomic E-state index is 8.79. The molecule has 0 bridgehead atoms. The molecule has 2 N–H and O–H groups in total. The van der Waals surface area contributed by atoms with Gasteiger partial charge >= 0.3 is 0 Å². The van der Waals surface area contributed by atoms with Gasteiger partial charge in [-0.15, -0.1) is 0 Å². The van der Waals surface area contributed by atoms with Gasteiger partial charge in [-0.3, -0.25) is 0 Å². The fraction of sp³-hybridized carbons (Fsp3) is 0.636. The summed E-state index contributed by atoms with van der Waals surface area (Å²) in [4.78, 5) is 0. The van der Waals surface area contributed by atoms with Gasteiger partial charge < -0.3 is 14.8 Å². The molecule has 1 fully saturated rings. The van der Waals surface area contributed by atoms with Crippen molar-refractivity contribution in [3.63, 3.8) is 0 Å². The minimum atomic E-state index is -0.0118. The molecule has 1 saturated carbocycles. The molecular formula is C11H17NO2. The molecule has 0 saturated heterocycles. The van der Waals surface area contributed by atoms with E-state index in [-0.39, 0.29) is 6.61 Å². The first-order valence-corrected chi connectivity index (χ1v) is 5.27. The molecule has 3 heteroatoms. The SMILES string of the molecule is OCc1ccc(CNCCC2CC2)o1. The van der Waals surface area contributed by atoms with E-state index in [4.69, 9.17) is 9.52 Å². The Morgan fingerprint density at radius 1 is 1.36 bits per heavy atom. The van der Waals surface area contributed by atoms with Crippen LogP contribution in [0, 0.1) is 5.92 Å². The fourth-order valence-corrected chi connectivity index (χ4v) is 1.53. The van der Waals surface area contributed by atoms with Crippen LogP contribution in [0.3, 0.4) is 0 Å². The maximum atomic E-state index is 8.79. The Labute approximate surface area is 84.1 Å². The highest BCUT2D eigenvalue weighted by Gasteiger charge is 2.19. The summed E-state index contributed by atoms with van der Waals surface area (Å²) in [6, 6.07) is 3.73. The number of aliphatic hydroxyl groups excluding tert-OH is 1. The zero-order valence-corrected chi connectivity index (χ0v) is 8.33. The van der Waals surface area contributed by atoms with E-state index in [1.54, 1.807) is 0 Å². The van der Waals surface area contributed by atoms with E-state index < -0.39 is 0 Å². The number of aliphatic hydroxyl groups is 1. The van der Waals surface area contributed by atoms with Crippen molar-refractivity contribution in [2.24, 2.45) is 5.92 Å². The van der Waals surface area contributed by atoms with Crippen molar-refractivity contribution in [3.05, 3.63) is 23.7 Å². The highest BCUT2D eigenvalue weighted by molar-refractivity contribution is 5.05. The molecule has 0 amide bonds. The van der Waals surface area contributed by atoms with Gasteiger partial charge in [-0.25, -0.2) is 0 Å². The van der Waals surface area contributed by atoms with Crippen LogP contribution in [0.5, 0.6) is 0 Å². The van der Waals surface area contributed by atoms with Gasteiger partial charge in [0.05, 0.1) is 6.54 Å². The molecule has 1 heterocycles. The Morgan fingerprint density at radius 3 is 2.79 bits per heavy atom. The van der Waals surface area contributed by atoms with Crippen molar-refractivity contribution in [3.8, 4) is 0 Å². The number of hydrogen-bond donors (Lipinski definition) is 2. The van der Waals surface area contributed by atoms with Crippen molar-refractivity contribution >= 4 is 0 Å². The second-order valence-electron chi connectivity index (χ2n) is 3.93. The normalized spacial score (nSPS) is 16.1. The summed E-state index contributed by atoms with van der Waals surface area (Å²) in [6.45, 7) is 1.83. The first-order chi connectivity index (χ1) is 6.88. The summed E-state index contributed by atoms with van der Waals surface area (Å²) < 4.78 is 5.34. The van der Waals surface area contributed by atoms with Crippen molar-refractivity contribution in [2.75, 3.05) is 6.54 Å². The van der Waals surface area contributed by atoms with Crippen molar-refractivity contribution in [2.45, 2.75) is 32.4 Å². The molecule has 1 aromatic heterocycles. The minimum absolute atomic E-state index is 0.0118. The summed E-state index contributed by atoms with van der Waals surface area (Å²) in [7, 11) is 0. The minimum Gasteiger partial charge on any atom is -0.462 e. The molecule has 1 aliphatic rings. The van der Waals surface area contributed by atoms with Gasteiger partial charge in [0.15, 0.2) is 0 Å². The second-order valence-corrected chi connectivity index (χ2v) is 3.93. The lowest BCUT2D eigenvalue weighted by atomic mass is 10.3. The van der Waals surface area contributed by atoms with Gasteiger partial charge in [0.1, 0.15) is 18.1 Å². The van der Waals surface area contributed by atoms with Crippen LogP contribution in [0.2, 0.25) is 0 Å². The lowest BCUT2D eigenvalue weighted by Gasteiger charge is -2.00.